The zero-order valence-electron chi connectivity index (χ0n) is 13.1. The van der Waals surface area contributed by atoms with Gasteiger partial charge in [0.1, 0.15) is 11.4 Å². The van der Waals surface area contributed by atoms with E-state index in [9.17, 15) is 25.0 Å². The smallest absolute Gasteiger partial charge is 0.300 e. The minimum Gasteiger partial charge on any atom is -0.493 e. The molecule has 1 amide bonds. The first-order valence-corrected chi connectivity index (χ1v) is 7.15. The van der Waals surface area contributed by atoms with Crippen molar-refractivity contribution in [3.8, 4) is 5.75 Å². The Balaban J connectivity index is 2.20. The number of amides is 1. The molecular formula is C15H14N4O6. The SMILES string of the molecule is CCOc1ccccc1C(=O)NNc1ccc([N+](=O)[O-])cc1[N+](=O)[O-]. The Morgan fingerprint density at radius 2 is 1.84 bits per heavy atom. The summed E-state index contributed by atoms with van der Waals surface area (Å²) in [5.74, 6) is -0.209. The second-order valence-electron chi connectivity index (χ2n) is 4.72. The summed E-state index contributed by atoms with van der Waals surface area (Å²) in [7, 11) is 0. The molecular weight excluding hydrogens is 332 g/mol. The van der Waals surface area contributed by atoms with Crippen LogP contribution in [0.2, 0.25) is 0 Å². The molecule has 0 aliphatic carbocycles. The number of ether oxygens (including phenoxy) is 1. The molecule has 2 N–H and O–H groups in total. The van der Waals surface area contributed by atoms with Gasteiger partial charge in [-0.2, -0.15) is 0 Å². The van der Waals surface area contributed by atoms with Crippen LogP contribution in [0.25, 0.3) is 0 Å². The summed E-state index contributed by atoms with van der Waals surface area (Å²) in [6.45, 7) is 2.14. The molecule has 0 radical (unpaired) electrons. The summed E-state index contributed by atoms with van der Waals surface area (Å²) >= 11 is 0. The van der Waals surface area contributed by atoms with Crippen LogP contribution in [0.15, 0.2) is 42.5 Å². The summed E-state index contributed by atoms with van der Waals surface area (Å²) in [5, 5.41) is 21.8. The van der Waals surface area contributed by atoms with Gasteiger partial charge < -0.3 is 4.74 Å². The lowest BCUT2D eigenvalue weighted by Gasteiger charge is -2.12. The molecule has 2 aromatic carbocycles. The van der Waals surface area contributed by atoms with Crippen LogP contribution in [-0.4, -0.2) is 22.4 Å². The predicted octanol–water partition coefficient (Wildman–Crippen LogP) is 2.66. The van der Waals surface area contributed by atoms with Gasteiger partial charge in [0, 0.05) is 6.07 Å². The third kappa shape index (κ3) is 4.19. The van der Waals surface area contributed by atoms with Crippen molar-refractivity contribution in [1.29, 1.82) is 0 Å². The zero-order valence-corrected chi connectivity index (χ0v) is 13.1. The number of benzene rings is 2. The first-order chi connectivity index (χ1) is 11.9. The molecule has 0 spiro atoms. The Morgan fingerprint density at radius 1 is 1.12 bits per heavy atom. The van der Waals surface area contributed by atoms with Crippen LogP contribution in [-0.2, 0) is 0 Å². The number of nitrogens with one attached hydrogen (secondary N) is 2. The lowest BCUT2D eigenvalue weighted by atomic mass is 10.2. The highest BCUT2D eigenvalue weighted by Gasteiger charge is 2.20. The molecule has 0 aliphatic rings. The number of para-hydroxylation sites is 1. The number of nitro groups is 2. The van der Waals surface area contributed by atoms with Crippen molar-refractivity contribution < 1.29 is 19.4 Å². The van der Waals surface area contributed by atoms with Crippen molar-refractivity contribution in [2.75, 3.05) is 12.0 Å². The Kier molecular flexibility index (Phi) is 5.46. The second-order valence-corrected chi connectivity index (χ2v) is 4.72. The van der Waals surface area contributed by atoms with Crippen LogP contribution >= 0.6 is 0 Å². The van der Waals surface area contributed by atoms with E-state index < -0.39 is 27.1 Å². The van der Waals surface area contributed by atoms with Crippen LogP contribution in [0.5, 0.6) is 5.75 Å². The van der Waals surface area contributed by atoms with Crippen molar-refractivity contribution in [1.82, 2.24) is 5.43 Å². The molecule has 0 heterocycles. The van der Waals surface area contributed by atoms with E-state index in [4.69, 9.17) is 4.74 Å². The first kappa shape index (κ1) is 17.7. The molecule has 130 valence electrons. The van der Waals surface area contributed by atoms with E-state index in [0.717, 1.165) is 18.2 Å². The molecule has 0 bridgehead atoms. The number of non-ortho nitro benzene ring substituents is 1. The van der Waals surface area contributed by atoms with Crippen LogP contribution in [0.4, 0.5) is 17.1 Å². The van der Waals surface area contributed by atoms with Crippen molar-refractivity contribution in [3.63, 3.8) is 0 Å². The van der Waals surface area contributed by atoms with Gasteiger partial charge in [-0.05, 0) is 25.1 Å². The van der Waals surface area contributed by atoms with Crippen molar-refractivity contribution in [2.45, 2.75) is 6.92 Å². The third-order valence-corrected chi connectivity index (χ3v) is 3.13. The van der Waals surface area contributed by atoms with E-state index in [-0.39, 0.29) is 11.3 Å². The van der Waals surface area contributed by atoms with Gasteiger partial charge in [0.2, 0.25) is 0 Å². The van der Waals surface area contributed by atoms with Gasteiger partial charge in [-0.1, -0.05) is 12.1 Å². The van der Waals surface area contributed by atoms with Gasteiger partial charge in [0.25, 0.3) is 11.6 Å². The number of hydrogen-bond donors (Lipinski definition) is 2. The predicted molar refractivity (Wildman–Crippen MR) is 88.5 cm³/mol. The largest absolute Gasteiger partial charge is 0.493 e. The number of anilines is 1. The van der Waals surface area contributed by atoms with E-state index in [1.165, 1.54) is 6.07 Å². The van der Waals surface area contributed by atoms with E-state index in [0.29, 0.717) is 12.4 Å². The normalized spacial score (nSPS) is 9.96. The third-order valence-electron chi connectivity index (χ3n) is 3.13. The number of nitrogens with zero attached hydrogens (tertiary/aromatic N) is 2. The van der Waals surface area contributed by atoms with Crippen LogP contribution in [0, 0.1) is 20.2 Å². The Morgan fingerprint density at radius 3 is 2.48 bits per heavy atom. The van der Waals surface area contributed by atoms with E-state index in [1.54, 1.807) is 25.1 Å². The number of hydrazine groups is 1. The fourth-order valence-electron chi connectivity index (χ4n) is 2.02. The quantitative estimate of drug-likeness (QED) is 0.580. The molecule has 10 heteroatoms. The summed E-state index contributed by atoms with van der Waals surface area (Å²) in [5.41, 5.74) is 3.92. The summed E-state index contributed by atoms with van der Waals surface area (Å²) in [6.07, 6.45) is 0. The maximum atomic E-state index is 12.2. The zero-order chi connectivity index (χ0) is 18.4. The maximum Gasteiger partial charge on any atom is 0.300 e. The van der Waals surface area contributed by atoms with Crippen LogP contribution in [0.1, 0.15) is 17.3 Å². The van der Waals surface area contributed by atoms with Gasteiger partial charge in [0.15, 0.2) is 0 Å². The molecule has 2 aromatic rings. The van der Waals surface area contributed by atoms with E-state index in [1.807, 2.05) is 0 Å². The highest BCUT2D eigenvalue weighted by Crippen LogP contribution is 2.28. The van der Waals surface area contributed by atoms with Crippen molar-refractivity contribution in [3.05, 3.63) is 68.3 Å². The number of carbonyl (C=O) groups is 1. The number of carbonyl (C=O) groups excluding carboxylic acids is 1. The number of hydrogen-bond acceptors (Lipinski definition) is 7. The van der Waals surface area contributed by atoms with Gasteiger partial charge >= 0.3 is 5.69 Å². The minimum absolute atomic E-state index is 0.0853. The Bertz CT molecular complexity index is 823. The lowest BCUT2D eigenvalue weighted by molar-refractivity contribution is -0.393. The van der Waals surface area contributed by atoms with E-state index >= 15 is 0 Å². The molecule has 0 unspecified atom stereocenters. The summed E-state index contributed by atoms with van der Waals surface area (Å²) in [4.78, 5) is 32.5. The van der Waals surface area contributed by atoms with Gasteiger partial charge in [0.05, 0.1) is 28.1 Å². The molecule has 0 saturated carbocycles. The first-order valence-electron chi connectivity index (χ1n) is 7.15. The van der Waals surface area contributed by atoms with Crippen molar-refractivity contribution in [2.24, 2.45) is 0 Å². The van der Waals surface area contributed by atoms with Gasteiger partial charge in [-0.3, -0.25) is 35.9 Å². The topological polar surface area (TPSA) is 137 Å². The van der Waals surface area contributed by atoms with Crippen LogP contribution in [0.3, 0.4) is 0 Å². The average molecular weight is 346 g/mol. The fraction of sp³-hybridized carbons (Fsp3) is 0.133. The molecule has 0 aliphatic heterocycles. The molecule has 0 saturated heterocycles. The molecule has 2 rings (SSSR count). The molecule has 0 atom stereocenters. The molecule has 25 heavy (non-hydrogen) atoms. The van der Waals surface area contributed by atoms with Crippen LogP contribution < -0.4 is 15.6 Å². The maximum absolute atomic E-state index is 12.2. The monoisotopic (exact) mass is 346 g/mol. The summed E-state index contributed by atoms with van der Waals surface area (Å²) in [6, 6.07) is 9.55. The standard InChI is InChI=1S/C15H14N4O6/c1-2-25-14-6-4-3-5-11(14)15(20)17-16-12-8-7-10(18(21)22)9-13(12)19(23)24/h3-9,16H,2H2,1H3,(H,17,20). The van der Waals surface area contributed by atoms with Crippen molar-refractivity contribution >= 4 is 23.0 Å². The minimum atomic E-state index is -0.782. The molecule has 10 nitrogen and oxygen atoms in total. The average Bonchev–Trinajstić information content (AvgIpc) is 2.60. The Labute approximate surface area is 141 Å². The lowest BCUT2D eigenvalue weighted by Crippen LogP contribution is -2.30. The second kappa shape index (κ2) is 7.73. The number of rotatable bonds is 7. The molecule has 0 fully saturated rings. The summed E-state index contributed by atoms with van der Waals surface area (Å²) < 4.78 is 5.34. The fourth-order valence-corrected chi connectivity index (χ4v) is 2.02. The highest BCUT2D eigenvalue weighted by atomic mass is 16.6. The number of nitro benzene ring substituents is 2. The van der Waals surface area contributed by atoms with Gasteiger partial charge in [-0.25, -0.2) is 0 Å². The van der Waals surface area contributed by atoms with E-state index in [2.05, 4.69) is 10.9 Å². The molecule has 0 aromatic heterocycles. The Hall–Kier alpha value is -3.69. The highest BCUT2D eigenvalue weighted by molar-refractivity contribution is 5.97. The van der Waals surface area contributed by atoms with Gasteiger partial charge in [-0.15, -0.1) is 0 Å².